The fraction of sp³-hybridized carbons (Fsp3) is 0.0909. The molecular weight excluding hydrogens is 354 g/mol. The third-order valence-electron chi connectivity index (χ3n) is 5.01. The zero-order valence-corrected chi connectivity index (χ0v) is 15.7. The number of hydrogen-bond donors (Lipinski definition) is 0. The number of thiazole rings is 1. The Morgan fingerprint density at radius 2 is 1.85 bits per heavy atom. The fourth-order valence-electron chi connectivity index (χ4n) is 3.75. The van der Waals surface area contributed by atoms with E-state index in [0.29, 0.717) is 4.53 Å². The molecule has 0 aliphatic heterocycles. The lowest BCUT2D eigenvalue weighted by molar-refractivity contribution is 0.828. The lowest BCUT2D eigenvalue weighted by Gasteiger charge is -2.03. The molecule has 0 aliphatic carbocycles. The second kappa shape index (κ2) is 5.93. The number of allylic oxidation sites excluding steroid dienone is 1. The van der Waals surface area contributed by atoms with E-state index in [1.54, 1.807) is 4.40 Å². The third kappa shape index (κ3) is 2.28. The summed E-state index contributed by atoms with van der Waals surface area (Å²) in [6.07, 6.45) is 3.90. The van der Waals surface area contributed by atoms with E-state index in [-0.39, 0.29) is 5.56 Å². The van der Waals surface area contributed by atoms with Crippen molar-refractivity contribution in [2.45, 2.75) is 13.5 Å². The van der Waals surface area contributed by atoms with Gasteiger partial charge in [0, 0.05) is 28.7 Å². The molecule has 27 heavy (non-hydrogen) atoms. The molecule has 0 fully saturated rings. The summed E-state index contributed by atoms with van der Waals surface area (Å²) in [5.41, 5.74) is 5.07. The van der Waals surface area contributed by atoms with Gasteiger partial charge in [-0.05, 0) is 31.2 Å². The summed E-state index contributed by atoms with van der Waals surface area (Å²) in [4.78, 5) is 18.4. The molecule has 0 bridgehead atoms. The van der Waals surface area contributed by atoms with E-state index in [2.05, 4.69) is 35.2 Å². The van der Waals surface area contributed by atoms with Crippen LogP contribution in [-0.4, -0.2) is 14.0 Å². The van der Waals surface area contributed by atoms with Crippen LogP contribution in [0.1, 0.15) is 11.3 Å². The molecule has 3 heterocycles. The molecule has 0 spiro atoms. The van der Waals surface area contributed by atoms with Crippen molar-refractivity contribution in [3.8, 4) is 0 Å². The largest absolute Gasteiger partial charge is 0.340 e. The molecule has 0 saturated heterocycles. The fourth-order valence-corrected chi connectivity index (χ4v) is 4.72. The van der Waals surface area contributed by atoms with Crippen molar-refractivity contribution in [2.24, 2.45) is 0 Å². The van der Waals surface area contributed by atoms with Gasteiger partial charge in [0.15, 0.2) is 4.96 Å². The number of rotatable bonds is 3. The van der Waals surface area contributed by atoms with Crippen LogP contribution in [0.4, 0.5) is 0 Å². The second-order valence-corrected chi connectivity index (χ2v) is 7.56. The van der Waals surface area contributed by atoms with E-state index in [9.17, 15) is 4.79 Å². The van der Waals surface area contributed by atoms with Crippen molar-refractivity contribution in [1.29, 1.82) is 0 Å². The van der Waals surface area contributed by atoms with Crippen LogP contribution in [0.5, 0.6) is 0 Å². The third-order valence-corrected chi connectivity index (χ3v) is 5.98. The summed E-state index contributed by atoms with van der Waals surface area (Å²) in [5.74, 6) is 0. The Hall–Kier alpha value is -3.18. The van der Waals surface area contributed by atoms with Crippen molar-refractivity contribution >= 4 is 44.3 Å². The molecular formula is C22H17N3OS. The standard InChI is InChI=1S/C22H17N3OS/c1-3-12-24-14(2)16(15-8-4-6-10-18(15)24)13-20-21(26)25-19-11-7-5-9-17(19)23-22(25)27-20/h3-11,13H,1,12H2,2H3. The van der Waals surface area contributed by atoms with Gasteiger partial charge in [0.2, 0.25) is 0 Å². The van der Waals surface area contributed by atoms with Gasteiger partial charge in [-0.3, -0.25) is 4.79 Å². The highest BCUT2D eigenvalue weighted by Crippen LogP contribution is 2.26. The van der Waals surface area contributed by atoms with Gasteiger partial charge in [-0.25, -0.2) is 9.38 Å². The van der Waals surface area contributed by atoms with Gasteiger partial charge < -0.3 is 4.57 Å². The maximum atomic E-state index is 13.1. The predicted molar refractivity (Wildman–Crippen MR) is 113 cm³/mol. The average Bonchev–Trinajstić information content (AvgIpc) is 3.28. The minimum Gasteiger partial charge on any atom is -0.340 e. The van der Waals surface area contributed by atoms with E-state index >= 15 is 0 Å². The van der Waals surface area contributed by atoms with Crippen molar-refractivity contribution < 1.29 is 0 Å². The minimum atomic E-state index is -0.0105. The van der Waals surface area contributed by atoms with Gasteiger partial charge >= 0.3 is 0 Å². The predicted octanol–water partition coefficient (Wildman–Crippen LogP) is 3.91. The molecule has 0 saturated carbocycles. The van der Waals surface area contributed by atoms with Crippen LogP contribution in [0.25, 0.3) is 33.0 Å². The topological polar surface area (TPSA) is 39.3 Å². The normalized spacial score (nSPS) is 12.6. The molecule has 0 radical (unpaired) electrons. The Labute approximate surface area is 159 Å². The maximum Gasteiger partial charge on any atom is 0.274 e. The Morgan fingerprint density at radius 3 is 2.67 bits per heavy atom. The number of hydrogen-bond acceptors (Lipinski definition) is 3. The van der Waals surface area contributed by atoms with Crippen molar-refractivity contribution in [2.75, 3.05) is 0 Å². The minimum absolute atomic E-state index is 0.0105. The monoisotopic (exact) mass is 371 g/mol. The molecule has 0 aliphatic rings. The Bertz CT molecular complexity index is 1450. The lowest BCUT2D eigenvalue weighted by Crippen LogP contribution is -2.22. The Balaban J connectivity index is 1.83. The first-order chi connectivity index (χ1) is 13.2. The van der Waals surface area contributed by atoms with Gasteiger partial charge in [0.1, 0.15) is 0 Å². The van der Waals surface area contributed by atoms with E-state index < -0.39 is 0 Å². The number of imidazole rings is 1. The summed E-state index contributed by atoms with van der Waals surface area (Å²) in [6, 6.07) is 16.0. The van der Waals surface area contributed by atoms with Crippen molar-refractivity contribution in [3.05, 3.63) is 87.3 Å². The lowest BCUT2D eigenvalue weighted by atomic mass is 10.1. The van der Waals surface area contributed by atoms with Crippen LogP contribution in [-0.2, 0) is 6.54 Å². The first-order valence-electron chi connectivity index (χ1n) is 8.79. The number of aromatic nitrogens is 3. The van der Waals surface area contributed by atoms with E-state index in [4.69, 9.17) is 0 Å². The van der Waals surface area contributed by atoms with E-state index in [1.165, 1.54) is 11.3 Å². The number of para-hydroxylation sites is 3. The van der Waals surface area contributed by atoms with Crippen LogP contribution < -0.4 is 10.1 Å². The summed E-state index contributed by atoms with van der Waals surface area (Å²) in [7, 11) is 0. The van der Waals surface area contributed by atoms with Gasteiger partial charge in [-0.2, -0.15) is 0 Å². The molecule has 4 nitrogen and oxygen atoms in total. The van der Waals surface area contributed by atoms with Crippen LogP contribution in [0.15, 0.2) is 66.0 Å². The van der Waals surface area contributed by atoms with Crippen LogP contribution >= 0.6 is 11.3 Å². The highest BCUT2D eigenvalue weighted by Gasteiger charge is 2.14. The average molecular weight is 371 g/mol. The Kier molecular flexibility index (Phi) is 3.52. The first-order valence-corrected chi connectivity index (χ1v) is 9.61. The summed E-state index contributed by atoms with van der Waals surface area (Å²) >= 11 is 1.44. The number of fused-ring (bicyclic) bond motifs is 4. The van der Waals surface area contributed by atoms with Crippen LogP contribution in [0.3, 0.4) is 0 Å². The Morgan fingerprint density at radius 1 is 1.11 bits per heavy atom. The summed E-state index contributed by atoms with van der Waals surface area (Å²) in [6.45, 7) is 6.70. The highest BCUT2D eigenvalue weighted by molar-refractivity contribution is 7.15. The number of nitrogens with zero attached hydrogens (tertiary/aromatic N) is 3. The highest BCUT2D eigenvalue weighted by atomic mass is 32.1. The molecule has 5 heteroatoms. The van der Waals surface area contributed by atoms with Crippen LogP contribution in [0, 0.1) is 6.92 Å². The zero-order chi connectivity index (χ0) is 18.5. The summed E-state index contributed by atoms with van der Waals surface area (Å²) < 4.78 is 4.64. The maximum absolute atomic E-state index is 13.1. The van der Waals surface area contributed by atoms with Gasteiger partial charge in [-0.1, -0.05) is 47.7 Å². The summed E-state index contributed by atoms with van der Waals surface area (Å²) in [5, 5.41) is 1.15. The van der Waals surface area contributed by atoms with Gasteiger partial charge in [0.25, 0.3) is 5.56 Å². The number of benzene rings is 2. The smallest absolute Gasteiger partial charge is 0.274 e. The molecule has 3 aromatic heterocycles. The second-order valence-electron chi connectivity index (χ2n) is 6.55. The molecule has 132 valence electrons. The van der Waals surface area contributed by atoms with Gasteiger partial charge in [-0.15, -0.1) is 6.58 Å². The van der Waals surface area contributed by atoms with Crippen molar-refractivity contribution in [3.63, 3.8) is 0 Å². The molecule has 5 rings (SSSR count). The molecule has 0 atom stereocenters. The molecule has 0 N–H and O–H groups in total. The van der Waals surface area contributed by atoms with Crippen LogP contribution in [0.2, 0.25) is 0 Å². The van der Waals surface area contributed by atoms with Crippen molar-refractivity contribution in [1.82, 2.24) is 14.0 Å². The molecule has 0 unspecified atom stereocenters. The molecule has 2 aromatic carbocycles. The zero-order valence-electron chi connectivity index (χ0n) is 14.8. The van der Waals surface area contributed by atoms with E-state index in [1.807, 2.05) is 48.6 Å². The first kappa shape index (κ1) is 16.0. The molecule has 5 aromatic rings. The van der Waals surface area contributed by atoms with Gasteiger partial charge in [0.05, 0.1) is 15.6 Å². The molecule has 0 amide bonds. The van der Waals surface area contributed by atoms with E-state index in [0.717, 1.165) is 44.7 Å². The SMILES string of the molecule is C=CCn1c(C)c(C=c2sc3nc4ccccc4n3c2=O)c2ccccc21. The quantitative estimate of drug-likeness (QED) is 0.451.